The molecule has 0 radical (unpaired) electrons. The topological polar surface area (TPSA) is 84.9 Å². The molecule has 1 aliphatic heterocycles. The van der Waals surface area contributed by atoms with Crippen LogP contribution in [0, 0.1) is 0 Å². The molecule has 3 rings (SSSR count). The maximum atomic E-state index is 12.9. The highest BCUT2D eigenvalue weighted by Crippen LogP contribution is 2.31. The van der Waals surface area contributed by atoms with Gasteiger partial charge in [0, 0.05) is 10.0 Å². The summed E-state index contributed by atoms with van der Waals surface area (Å²) in [5, 5.41) is 3.31. The van der Waals surface area contributed by atoms with Gasteiger partial charge in [0.25, 0.3) is 0 Å². The molecule has 0 aromatic heterocycles. The summed E-state index contributed by atoms with van der Waals surface area (Å²) >= 11 is 12.1. The lowest BCUT2D eigenvalue weighted by atomic mass is 10.2. The van der Waals surface area contributed by atoms with Crippen LogP contribution in [0.2, 0.25) is 10.0 Å². The van der Waals surface area contributed by atoms with Crippen molar-refractivity contribution >= 4 is 44.8 Å². The smallest absolute Gasteiger partial charge is 0.244 e. The summed E-state index contributed by atoms with van der Waals surface area (Å²) in [5.74, 6) is 0.787. The van der Waals surface area contributed by atoms with E-state index in [1.807, 2.05) is 12.1 Å². The SMILES string of the molecule is CC[C@H](C(=O)NC[C@H]1COc2ccccc2O1)N(c1cc(Cl)cc(Cl)c1)S(C)(=O)=O. The number of rotatable bonds is 7. The van der Waals surface area contributed by atoms with Crippen LogP contribution in [0.3, 0.4) is 0 Å². The number of hydrogen-bond acceptors (Lipinski definition) is 5. The van der Waals surface area contributed by atoms with Crippen LogP contribution in [0.4, 0.5) is 5.69 Å². The lowest BCUT2D eigenvalue weighted by molar-refractivity contribution is -0.122. The van der Waals surface area contributed by atoms with Gasteiger partial charge in [0.05, 0.1) is 18.5 Å². The van der Waals surface area contributed by atoms with Crippen LogP contribution in [0.5, 0.6) is 11.5 Å². The van der Waals surface area contributed by atoms with Gasteiger partial charge in [-0.15, -0.1) is 0 Å². The number of fused-ring (bicyclic) bond motifs is 1. The number of nitrogens with one attached hydrogen (secondary N) is 1. The normalized spacial score (nSPS) is 16.6. The van der Waals surface area contributed by atoms with E-state index in [2.05, 4.69) is 5.32 Å². The van der Waals surface area contributed by atoms with Crippen molar-refractivity contribution in [1.29, 1.82) is 0 Å². The first kappa shape index (κ1) is 22.5. The Bertz CT molecular complexity index is 1010. The lowest BCUT2D eigenvalue weighted by Crippen LogP contribution is -2.51. The van der Waals surface area contributed by atoms with Crippen molar-refractivity contribution < 1.29 is 22.7 Å². The van der Waals surface area contributed by atoms with Crippen LogP contribution in [-0.4, -0.2) is 45.9 Å². The van der Waals surface area contributed by atoms with E-state index in [4.69, 9.17) is 32.7 Å². The zero-order valence-electron chi connectivity index (χ0n) is 16.5. The van der Waals surface area contributed by atoms with Crippen molar-refractivity contribution in [2.24, 2.45) is 0 Å². The fraction of sp³-hybridized carbons (Fsp3) is 0.350. The van der Waals surface area contributed by atoms with Crippen molar-refractivity contribution in [2.45, 2.75) is 25.5 Å². The summed E-state index contributed by atoms with van der Waals surface area (Å²) < 4.78 is 37.5. The Labute approximate surface area is 185 Å². The number of hydrogen-bond donors (Lipinski definition) is 1. The van der Waals surface area contributed by atoms with Gasteiger partial charge in [-0.2, -0.15) is 0 Å². The number of benzene rings is 2. The molecule has 1 heterocycles. The summed E-state index contributed by atoms with van der Waals surface area (Å²) in [6.07, 6.45) is 0.884. The molecule has 0 saturated heterocycles. The molecule has 2 atom stereocenters. The molecule has 30 heavy (non-hydrogen) atoms. The number of halogens is 2. The van der Waals surface area contributed by atoms with Crippen molar-refractivity contribution in [3.05, 3.63) is 52.5 Å². The first-order valence-corrected chi connectivity index (χ1v) is 11.9. The third-order valence-electron chi connectivity index (χ3n) is 4.50. The van der Waals surface area contributed by atoms with Gasteiger partial charge in [0.2, 0.25) is 15.9 Å². The zero-order chi connectivity index (χ0) is 21.9. The molecule has 0 fully saturated rings. The molecule has 0 unspecified atom stereocenters. The molecule has 0 spiro atoms. The average Bonchev–Trinajstić information content (AvgIpc) is 2.68. The van der Waals surface area contributed by atoms with Gasteiger partial charge >= 0.3 is 0 Å². The maximum Gasteiger partial charge on any atom is 0.244 e. The summed E-state index contributed by atoms with van der Waals surface area (Å²) in [7, 11) is -3.79. The molecule has 2 aromatic carbocycles. The van der Waals surface area contributed by atoms with Crippen LogP contribution in [0.25, 0.3) is 0 Å². The maximum absolute atomic E-state index is 12.9. The van der Waals surface area contributed by atoms with Crippen LogP contribution in [0.1, 0.15) is 13.3 Å². The Morgan fingerprint density at radius 3 is 2.43 bits per heavy atom. The van der Waals surface area contributed by atoms with Crippen molar-refractivity contribution in [2.75, 3.05) is 23.7 Å². The minimum Gasteiger partial charge on any atom is -0.486 e. The Morgan fingerprint density at radius 1 is 1.20 bits per heavy atom. The third kappa shape index (κ3) is 5.30. The fourth-order valence-corrected chi connectivity index (χ4v) is 4.93. The van der Waals surface area contributed by atoms with Crippen molar-refractivity contribution in [3.63, 3.8) is 0 Å². The Hall–Kier alpha value is -2.16. The predicted molar refractivity (Wildman–Crippen MR) is 117 cm³/mol. The van der Waals surface area contributed by atoms with Crippen LogP contribution in [0.15, 0.2) is 42.5 Å². The number of amides is 1. The Morgan fingerprint density at radius 2 is 1.83 bits per heavy atom. The lowest BCUT2D eigenvalue weighted by Gasteiger charge is -2.31. The molecule has 1 amide bonds. The van der Waals surface area contributed by atoms with E-state index < -0.39 is 28.1 Å². The molecule has 0 bridgehead atoms. The summed E-state index contributed by atoms with van der Waals surface area (Å²) in [6.45, 7) is 2.16. The van der Waals surface area contributed by atoms with E-state index in [0.717, 1.165) is 10.6 Å². The number of sulfonamides is 1. The summed E-state index contributed by atoms with van der Waals surface area (Å²) in [5.41, 5.74) is 0.225. The number of para-hydroxylation sites is 2. The molecule has 7 nitrogen and oxygen atoms in total. The minimum atomic E-state index is -3.79. The van der Waals surface area contributed by atoms with Gasteiger partial charge < -0.3 is 14.8 Å². The van der Waals surface area contributed by atoms with Gasteiger partial charge in [0.1, 0.15) is 18.8 Å². The van der Waals surface area contributed by atoms with E-state index in [9.17, 15) is 13.2 Å². The number of carbonyl (C=O) groups is 1. The van der Waals surface area contributed by atoms with Gasteiger partial charge in [-0.05, 0) is 36.8 Å². The number of carbonyl (C=O) groups excluding carboxylic acids is 1. The molecule has 10 heteroatoms. The van der Waals surface area contributed by atoms with Crippen molar-refractivity contribution in [3.8, 4) is 11.5 Å². The second-order valence-electron chi connectivity index (χ2n) is 6.85. The quantitative estimate of drug-likeness (QED) is 0.666. The highest BCUT2D eigenvalue weighted by Gasteiger charge is 2.32. The second kappa shape index (κ2) is 9.32. The van der Waals surface area contributed by atoms with Crippen molar-refractivity contribution in [1.82, 2.24) is 5.32 Å². The first-order valence-electron chi connectivity index (χ1n) is 9.30. The summed E-state index contributed by atoms with van der Waals surface area (Å²) in [6, 6.07) is 10.7. The Balaban J connectivity index is 1.75. The highest BCUT2D eigenvalue weighted by atomic mass is 35.5. The minimum absolute atomic E-state index is 0.164. The molecular formula is C20H22Cl2N2O5S. The number of anilines is 1. The standard InChI is InChI=1S/C20H22Cl2N2O5S/c1-3-17(24(30(2,26)27)15-9-13(21)8-14(22)10-15)20(25)23-11-16-12-28-18-6-4-5-7-19(18)29-16/h4-10,16-17H,3,11-12H2,1-2H3,(H,23,25)/t16-,17+/m0/s1. The average molecular weight is 473 g/mol. The van der Waals surface area contributed by atoms with Crippen LogP contribution < -0.4 is 19.1 Å². The van der Waals surface area contributed by atoms with E-state index in [-0.39, 0.29) is 35.3 Å². The highest BCUT2D eigenvalue weighted by molar-refractivity contribution is 7.92. The van der Waals surface area contributed by atoms with E-state index in [0.29, 0.717) is 11.5 Å². The molecule has 1 N–H and O–H groups in total. The summed E-state index contributed by atoms with van der Waals surface area (Å²) in [4.78, 5) is 12.9. The zero-order valence-corrected chi connectivity index (χ0v) is 18.8. The number of nitrogens with zero attached hydrogens (tertiary/aromatic N) is 1. The molecular weight excluding hydrogens is 451 g/mol. The Kier molecular flexibility index (Phi) is 7.00. The van der Waals surface area contributed by atoms with Crippen LogP contribution >= 0.6 is 23.2 Å². The molecule has 1 aliphatic rings. The van der Waals surface area contributed by atoms with E-state index in [1.54, 1.807) is 19.1 Å². The molecule has 2 aromatic rings. The largest absolute Gasteiger partial charge is 0.486 e. The monoisotopic (exact) mass is 472 g/mol. The molecule has 0 saturated carbocycles. The van der Waals surface area contributed by atoms with Gasteiger partial charge in [0.15, 0.2) is 11.5 Å². The van der Waals surface area contributed by atoms with Gasteiger partial charge in [-0.25, -0.2) is 8.42 Å². The van der Waals surface area contributed by atoms with E-state index in [1.165, 1.54) is 18.2 Å². The van der Waals surface area contributed by atoms with Gasteiger partial charge in [-0.1, -0.05) is 42.3 Å². The first-order chi connectivity index (χ1) is 14.2. The predicted octanol–water partition coefficient (Wildman–Crippen LogP) is 3.49. The van der Waals surface area contributed by atoms with Gasteiger partial charge in [-0.3, -0.25) is 9.10 Å². The van der Waals surface area contributed by atoms with E-state index >= 15 is 0 Å². The second-order valence-corrected chi connectivity index (χ2v) is 9.59. The molecule has 162 valence electrons. The van der Waals surface area contributed by atoms with Crippen LogP contribution in [-0.2, 0) is 14.8 Å². The number of ether oxygens (including phenoxy) is 2. The third-order valence-corrected chi connectivity index (χ3v) is 6.12. The molecule has 0 aliphatic carbocycles. The fourth-order valence-electron chi connectivity index (χ4n) is 3.22.